The van der Waals surface area contributed by atoms with E-state index in [0.29, 0.717) is 12.1 Å². The number of alkyl halides is 3. The van der Waals surface area contributed by atoms with Crippen molar-refractivity contribution < 1.29 is 26.3 Å². The first-order valence-corrected chi connectivity index (χ1v) is 8.48. The number of halogens is 3. The van der Waals surface area contributed by atoms with Crippen molar-refractivity contribution in [2.45, 2.75) is 32.7 Å². The fourth-order valence-corrected chi connectivity index (χ4v) is 3.02. The Kier molecular flexibility index (Phi) is 6.84. The van der Waals surface area contributed by atoms with Crippen LogP contribution in [0.25, 0.3) is 0 Å². The Morgan fingerprint density at radius 1 is 1.09 bits per heavy atom. The number of hydrogen-bond donors (Lipinski definition) is 0. The Morgan fingerprint density at radius 3 is 2.13 bits per heavy atom. The fraction of sp³-hybridized carbons (Fsp3) is 0.571. The molecule has 0 N–H and O–H groups in total. The van der Waals surface area contributed by atoms with Crippen LogP contribution >= 0.6 is 0 Å². The Hall–Kier alpha value is -1.32. The van der Waals surface area contributed by atoms with Gasteiger partial charge in [-0.15, -0.1) is 13.2 Å². The number of nitrogens with zero attached hydrogens (tertiary/aromatic N) is 2. The van der Waals surface area contributed by atoms with Crippen molar-refractivity contribution >= 4 is 10.2 Å². The van der Waals surface area contributed by atoms with E-state index < -0.39 is 16.6 Å². The lowest BCUT2D eigenvalue weighted by atomic mass is 10.2. The Morgan fingerprint density at radius 2 is 1.65 bits per heavy atom. The molecule has 0 aliphatic rings. The van der Waals surface area contributed by atoms with E-state index >= 15 is 0 Å². The van der Waals surface area contributed by atoms with Crippen LogP contribution in [0.4, 0.5) is 13.2 Å². The van der Waals surface area contributed by atoms with Crippen LogP contribution in [0.3, 0.4) is 0 Å². The van der Waals surface area contributed by atoms with Gasteiger partial charge in [-0.3, -0.25) is 0 Å². The summed E-state index contributed by atoms with van der Waals surface area (Å²) in [6.07, 6.45) is -3.11. The maximum Gasteiger partial charge on any atom is 0.573 e. The third kappa shape index (κ3) is 6.36. The molecule has 132 valence electrons. The number of benzene rings is 1. The second-order valence-electron chi connectivity index (χ2n) is 5.13. The molecule has 1 aromatic rings. The number of rotatable bonds is 8. The summed E-state index contributed by atoms with van der Waals surface area (Å²) in [5, 5.41) is 0. The van der Waals surface area contributed by atoms with E-state index in [0.717, 1.165) is 29.3 Å². The molecule has 23 heavy (non-hydrogen) atoms. The Bertz CT molecular complexity index is 588. The standard InChI is InChI=1S/C14H21F3N2O3S/c1-4-5-10-18(2)23(20,21)19(3)11-12-6-8-13(9-7-12)22-14(15,16)17/h6-9H,4-5,10-11H2,1-3H3. The van der Waals surface area contributed by atoms with Gasteiger partial charge < -0.3 is 4.74 Å². The van der Waals surface area contributed by atoms with Gasteiger partial charge in [0.25, 0.3) is 10.2 Å². The third-order valence-corrected chi connectivity index (χ3v) is 5.06. The van der Waals surface area contributed by atoms with E-state index in [9.17, 15) is 21.6 Å². The van der Waals surface area contributed by atoms with Crippen molar-refractivity contribution in [3.63, 3.8) is 0 Å². The molecule has 0 heterocycles. The Labute approximate surface area is 134 Å². The topological polar surface area (TPSA) is 49.9 Å². The lowest BCUT2D eigenvalue weighted by Gasteiger charge is -2.24. The van der Waals surface area contributed by atoms with Gasteiger partial charge >= 0.3 is 6.36 Å². The highest BCUT2D eigenvalue weighted by Crippen LogP contribution is 2.23. The molecule has 0 aliphatic heterocycles. The van der Waals surface area contributed by atoms with Crippen molar-refractivity contribution in [3.05, 3.63) is 29.8 Å². The van der Waals surface area contributed by atoms with E-state index in [4.69, 9.17) is 0 Å². The predicted molar refractivity (Wildman–Crippen MR) is 81.0 cm³/mol. The van der Waals surface area contributed by atoms with Crippen LogP contribution in [0.1, 0.15) is 25.3 Å². The molecular formula is C14H21F3N2O3S. The smallest absolute Gasteiger partial charge is 0.406 e. The zero-order valence-electron chi connectivity index (χ0n) is 13.3. The molecular weight excluding hydrogens is 333 g/mol. The van der Waals surface area contributed by atoms with Crippen LogP contribution in [-0.2, 0) is 16.8 Å². The molecule has 0 spiro atoms. The average molecular weight is 354 g/mol. The van der Waals surface area contributed by atoms with E-state index in [1.165, 1.54) is 30.5 Å². The SMILES string of the molecule is CCCCN(C)S(=O)(=O)N(C)Cc1ccc(OC(F)(F)F)cc1. The second kappa shape index (κ2) is 7.98. The van der Waals surface area contributed by atoms with Gasteiger partial charge in [0.05, 0.1) is 0 Å². The molecule has 0 saturated carbocycles. The summed E-state index contributed by atoms with van der Waals surface area (Å²) in [5.41, 5.74) is 0.564. The molecule has 1 aromatic carbocycles. The van der Waals surface area contributed by atoms with E-state index in [1.807, 2.05) is 6.92 Å². The minimum atomic E-state index is -4.75. The summed E-state index contributed by atoms with van der Waals surface area (Å²) < 4.78 is 67.0. The summed E-state index contributed by atoms with van der Waals surface area (Å²) in [6, 6.07) is 5.12. The predicted octanol–water partition coefficient (Wildman–Crippen LogP) is 2.99. The Balaban J connectivity index is 2.71. The van der Waals surface area contributed by atoms with Gasteiger partial charge in [0, 0.05) is 27.2 Å². The first-order valence-electron chi connectivity index (χ1n) is 7.08. The molecule has 0 bridgehead atoms. The van der Waals surface area contributed by atoms with Crippen LogP contribution in [0.5, 0.6) is 5.75 Å². The van der Waals surface area contributed by atoms with Crippen LogP contribution in [0.15, 0.2) is 24.3 Å². The monoisotopic (exact) mass is 354 g/mol. The van der Waals surface area contributed by atoms with Crippen molar-refractivity contribution in [1.82, 2.24) is 8.61 Å². The van der Waals surface area contributed by atoms with Gasteiger partial charge in [-0.25, -0.2) is 0 Å². The summed E-state index contributed by atoms with van der Waals surface area (Å²) in [5.74, 6) is -0.341. The third-order valence-electron chi connectivity index (χ3n) is 3.18. The van der Waals surface area contributed by atoms with Crippen LogP contribution in [-0.4, -0.2) is 44.0 Å². The van der Waals surface area contributed by atoms with Gasteiger partial charge in [-0.05, 0) is 24.1 Å². The summed E-state index contributed by atoms with van der Waals surface area (Å²) in [4.78, 5) is 0. The second-order valence-corrected chi connectivity index (χ2v) is 7.27. The largest absolute Gasteiger partial charge is 0.573 e. The van der Waals surface area contributed by atoms with Crippen molar-refractivity contribution in [1.29, 1.82) is 0 Å². The van der Waals surface area contributed by atoms with Crippen molar-refractivity contribution in [3.8, 4) is 5.75 Å². The van der Waals surface area contributed by atoms with Gasteiger partial charge in [-0.2, -0.15) is 17.0 Å². The van der Waals surface area contributed by atoms with Gasteiger partial charge in [0.1, 0.15) is 5.75 Å². The zero-order valence-corrected chi connectivity index (χ0v) is 14.1. The molecule has 0 fully saturated rings. The lowest BCUT2D eigenvalue weighted by molar-refractivity contribution is -0.274. The maximum atomic E-state index is 12.3. The van der Waals surface area contributed by atoms with E-state index in [2.05, 4.69) is 4.74 Å². The highest BCUT2D eigenvalue weighted by Gasteiger charge is 2.31. The molecule has 5 nitrogen and oxygen atoms in total. The molecule has 0 atom stereocenters. The molecule has 9 heteroatoms. The summed E-state index contributed by atoms with van der Waals surface area (Å²) in [7, 11) is -0.663. The maximum absolute atomic E-state index is 12.3. The van der Waals surface area contributed by atoms with Crippen molar-refractivity contribution in [2.24, 2.45) is 0 Å². The number of unbranched alkanes of at least 4 members (excludes halogenated alkanes) is 1. The molecule has 1 rings (SSSR count). The quantitative estimate of drug-likeness (QED) is 0.721. The molecule has 0 amide bonds. The summed E-state index contributed by atoms with van der Waals surface area (Å²) in [6.45, 7) is 2.45. The minimum Gasteiger partial charge on any atom is -0.406 e. The van der Waals surface area contributed by atoms with E-state index in [1.54, 1.807) is 0 Å². The highest BCUT2D eigenvalue weighted by molar-refractivity contribution is 7.86. The molecule has 0 aliphatic carbocycles. The number of ether oxygens (including phenoxy) is 1. The van der Waals surface area contributed by atoms with Crippen LogP contribution < -0.4 is 4.74 Å². The van der Waals surface area contributed by atoms with Crippen LogP contribution in [0, 0.1) is 0 Å². The fourth-order valence-electron chi connectivity index (χ4n) is 1.87. The molecule has 0 aromatic heterocycles. The summed E-state index contributed by atoms with van der Waals surface area (Å²) >= 11 is 0. The molecule has 0 unspecified atom stereocenters. The zero-order chi connectivity index (χ0) is 17.7. The van der Waals surface area contributed by atoms with Crippen molar-refractivity contribution in [2.75, 3.05) is 20.6 Å². The van der Waals surface area contributed by atoms with Gasteiger partial charge in [0.2, 0.25) is 0 Å². The molecule has 0 radical (unpaired) electrons. The highest BCUT2D eigenvalue weighted by atomic mass is 32.2. The molecule has 0 saturated heterocycles. The average Bonchev–Trinajstić information content (AvgIpc) is 2.45. The first kappa shape index (κ1) is 19.7. The van der Waals surface area contributed by atoms with Gasteiger partial charge in [-0.1, -0.05) is 25.5 Å². The first-order chi connectivity index (χ1) is 10.6. The van der Waals surface area contributed by atoms with Gasteiger partial charge in [0.15, 0.2) is 0 Å². The minimum absolute atomic E-state index is 0.0606. The number of hydrogen-bond acceptors (Lipinski definition) is 3. The normalized spacial score (nSPS) is 12.9. The van der Waals surface area contributed by atoms with Crippen LogP contribution in [0.2, 0.25) is 0 Å². The lowest BCUT2D eigenvalue weighted by Crippen LogP contribution is -2.39. The van der Waals surface area contributed by atoms with E-state index in [-0.39, 0.29) is 12.3 Å².